The molecule has 1 amide bonds. The van der Waals surface area contributed by atoms with Gasteiger partial charge in [-0.3, -0.25) is 9.69 Å². The predicted molar refractivity (Wildman–Crippen MR) is 133 cm³/mol. The highest BCUT2D eigenvalue weighted by Gasteiger charge is 2.35. The van der Waals surface area contributed by atoms with Crippen molar-refractivity contribution in [1.82, 2.24) is 10.2 Å². The average Bonchev–Trinajstić information content (AvgIpc) is 3.38. The molecule has 2 atom stereocenters. The number of aryl methyl sites for hydroxylation is 1. The van der Waals surface area contributed by atoms with Gasteiger partial charge in [0.1, 0.15) is 0 Å². The van der Waals surface area contributed by atoms with Gasteiger partial charge < -0.3 is 14.8 Å². The maximum absolute atomic E-state index is 13.0. The number of nitrogens with one attached hydrogen (secondary N) is 1. The zero-order valence-corrected chi connectivity index (χ0v) is 20.6. The summed E-state index contributed by atoms with van der Waals surface area (Å²) >= 11 is 1.47. The van der Waals surface area contributed by atoms with Gasteiger partial charge >= 0.3 is 0 Å². The van der Waals surface area contributed by atoms with Gasteiger partial charge in [-0.1, -0.05) is 37.3 Å². The number of hydrogen-bond acceptors (Lipinski definition) is 5. The lowest BCUT2D eigenvalue weighted by Gasteiger charge is -2.42. The molecule has 1 aromatic heterocycles. The summed E-state index contributed by atoms with van der Waals surface area (Å²) in [6.45, 7) is 6.04. The molecule has 0 radical (unpaired) electrons. The van der Waals surface area contributed by atoms with Gasteiger partial charge in [-0.05, 0) is 65.6 Å². The first-order chi connectivity index (χ1) is 16.0. The van der Waals surface area contributed by atoms with Crippen LogP contribution in [0.15, 0.2) is 53.9 Å². The number of thiophene rings is 1. The number of nitrogens with zero attached hydrogens (tertiary/aromatic N) is 1. The van der Waals surface area contributed by atoms with Crippen molar-refractivity contribution >= 4 is 17.2 Å². The lowest BCUT2D eigenvalue weighted by Crippen LogP contribution is -2.48. The van der Waals surface area contributed by atoms with E-state index in [1.165, 1.54) is 33.6 Å². The summed E-state index contributed by atoms with van der Waals surface area (Å²) in [6.07, 6.45) is 1.74. The molecule has 1 aliphatic rings. The second kappa shape index (κ2) is 10.4. The van der Waals surface area contributed by atoms with E-state index in [4.69, 9.17) is 9.47 Å². The molecule has 1 aliphatic heterocycles. The minimum Gasteiger partial charge on any atom is -0.493 e. The number of fused-ring (bicyclic) bond motifs is 1. The fourth-order valence-electron chi connectivity index (χ4n) is 4.73. The SMILES string of the molecule is CCC(NC(=O)c1cccs1)C1c2cc(OC)c(OC)cc2CCN1Cc1ccccc1C. The Morgan fingerprint density at radius 3 is 2.58 bits per heavy atom. The fraction of sp³-hybridized carbons (Fsp3) is 0.370. The highest BCUT2D eigenvalue weighted by Crippen LogP contribution is 2.40. The van der Waals surface area contributed by atoms with Crippen LogP contribution in [0.25, 0.3) is 0 Å². The van der Waals surface area contributed by atoms with Crippen LogP contribution in [0.2, 0.25) is 0 Å². The standard InChI is InChI=1S/C27H32N2O3S/c1-5-22(28-27(30)25-11-8-14-33-25)26-21-16-24(32-4)23(31-3)15-19(21)12-13-29(26)17-20-10-7-6-9-18(20)2/h6-11,14-16,22,26H,5,12-13,17H2,1-4H3,(H,28,30). The number of benzene rings is 2. The summed E-state index contributed by atoms with van der Waals surface area (Å²) in [5.41, 5.74) is 5.05. The van der Waals surface area contributed by atoms with Crippen molar-refractivity contribution < 1.29 is 14.3 Å². The van der Waals surface area contributed by atoms with Gasteiger partial charge in [-0.25, -0.2) is 0 Å². The topological polar surface area (TPSA) is 50.8 Å². The highest BCUT2D eigenvalue weighted by molar-refractivity contribution is 7.12. The largest absolute Gasteiger partial charge is 0.493 e. The van der Waals surface area contributed by atoms with E-state index in [0.717, 1.165) is 42.3 Å². The number of ether oxygens (including phenoxy) is 2. The molecule has 174 valence electrons. The molecule has 0 saturated heterocycles. The fourth-order valence-corrected chi connectivity index (χ4v) is 5.36. The zero-order chi connectivity index (χ0) is 23.4. The van der Waals surface area contributed by atoms with Gasteiger partial charge in [0.2, 0.25) is 0 Å². The molecule has 0 fully saturated rings. The first kappa shape index (κ1) is 23.3. The van der Waals surface area contributed by atoms with Crippen LogP contribution >= 0.6 is 11.3 Å². The molecule has 6 heteroatoms. The van der Waals surface area contributed by atoms with Gasteiger partial charge in [0.05, 0.1) is 25.1 Å². The molecule has 0 bridgehead atoms. The third-order valence-electron chi connectivity index (χ3n) is 6.54. The summed E-state index contributed by atoms with van der Waals surface area (Å²) in [4.78, 5) is 16.2. The van der Waals surface area contributed by atoms with E-state index in [0.29, 0.717) is 0 Å². The molecule has 5 nitrogen and oxygen atoms in total. The predicted octanol–water partition coefficient (Wildman–Crippen LogP) is 5.38. The second-order valence-corrected chi connectivity index (χ2v) is 9.41. The van der Waals surface area contributed by atoms with E-state index in [1.54, 1.807) is 14.2 Å². The van der Waals surface area contributed by atoms with E-state index in [2.05, 4.69) is 60.5 Å². The quantitative estimate of drug-likeness (QED) is 0.486. The Morgan fingerprint density at radius 1 is 1.15 bits per heavy atom. The van der Waals surface area contributed by atoms with Crippen LogP contribution in [0.1, 0.15) is 51.3 Å². The maximum atomic E-state index is 13.0. The van der Waals surface area contributed by atoms with Gasteiger partial charge in [0, 0.05) is 19.1 Å². The van der Waals surface area contributed by atoms with E-state index in [-0.39, 0.29) is 18.0 Å². The van der Waals surface area contributed by atoms with Gasteiger partial charge in [0.25, 0.3) is 5.91 Å². The summed E-state index contributed by atoms with van der Waals surface area (Å²) in [7, 11) is 3.34. The van der Waals surface area contributed by atoms with Crippen molar-refractivity contribution in [3.8, 4) is 11.5 Å². The molecule has 33 heavy (non-hydrogen) atoms. The minimum absolute atomic E-state index is 0.0136. The van der Waals surface area contributed by atoms with Crippen LogP contribution in [0.3, 0.4) is 0 Å². The van der Waals surface area contributed by atoms with Gasteiger partial charge in [-0.2, -0.15) is 0 Å². The molecule has 1 N–H and O–H groups in total. The Hall–Kier alpha value is -2.83. The van der Waals surface area contributed by atoms with Crippen LogP contribution in [0.4, 0.5) is 0 Å². The van der Waals surface area contributed by atoms with Crippen LogP contribution in [-0.4, -0.2) is 37.6 Å². The van der Waals surface area contributed by atoms with Crippen LogP contribution in [0, 0.1) is 6.92 Å². The normalized spacial score (nSPS) is 16.7. The molecule has 4 rings (SSSR count). The van der Waals surface area contributed by atoms with Crippen molar-refractivity contribution in [2.24, 2.45) is 0 Å². The number of hydrogen-bond donors (Lipinski definition) is 1. The highest BCUT2D eigenvalue weighted by atomic mass is 32.1. The molecule has 0 aliphatic carbocycles. The minimum atomic E-state index is -0.0410. The first-order valence-electron chi connectivity index (χ1n) is 11.4. The number of methoxy groups -OCH3 is 2. The summed E-state index contributed by atoms with van der Waals surface area (Å²) in [6, 6.07) is 16.5. The molecule has 3 aromatic rings. The van der Waals surface area contributed by atoms with Crippen molar-refractivity contribution in [3.63, 3.8) is 0 Å². The molecule has 0 saturated carbocycles. The second-order valence-electron chi connectivity index (χ2n) is 8.46. The van der Waals surface area contributed by atoms with Crippen LogP contribution < -0.4 is 14.8 Å². The van der Waals surface area contributed by atoms with Crippen LogP contribution in [0.5, 0.6) is 11.5 Å². The smallest absolute Gasteiger partial charge is 0.261 e. The molecular formula is C27H32N2O3S. The molecular weight excluding hydrogens is 432 g/mol. The van der Waals surface area contributed by atoms with Gasteiger partial charge in [0.15, 0.2) is 11.5 Å². The summed E-state index contributed by atoms with van der Waals surface area (Å²) in [5.74, 6) is 1.46. The van der Waals surface area contributed by atoms with Crippen molar-refractivity contribution in [2.75, 3.05) is 20.8 Å². The maximum Gasteiger partial charge on any atom is 0.261 e. The molecule has 2 unspecified atom stereocenters. The van der Waals surface area contributed by atoms with E-state index in [1.807, 2.05) is 17.5 Å². The Kier molecular flexibility index (Phi) is 7.36. The van der Waals surface area contributed by atoms with E-state index in [9.17, 15) is 4.79 Å². The third-order valence-corrected chi connectivity index (χ3v) is 7.41. The Labute approximate surface area is 200 Å². The Balaban J connectivity index is 1.74. The van der Waals surface area contributed by atoms with E-state index < -0.39 is 0 Å². The lowest BCUT2D eigenvalue weighted by atomic mass is 9.86. The molecule has 0 spiro atoms. The number of carbonyl (C=O) groups is 1. The first-order valence-corrected chi connectivity index (χ1v) is 12.3. The number of carbonyl (C=O) groups excluding carboxylic acids is 1. The summed E-state index contributed by atoms with van der Waals surface area (Å²) in [5, 5.41) is 5.27. The molecule has 2 heterocycles. The molecule has 2 aromatic carbocycles. The number of amides is 1. The van der Waals surface area contributed by atoms with Crippen molar-refractivity contribution in [1.29, 1.82) is 0 Å². The third kappa shape index (κ3) is 4.92. The average molecular weight is 465 g/mol. The monoisotopic (exact) mass is 464 g/mol. The van der Waals surface area contributed by atoms with Crippen molar-refractivity contribution in [3.05, 3.63) is 81.0 Å². The van der Waals surface area contributed by atoms with E-state index >= 15 is 0 Å². The Morgan fingerprint density at radius 2 is 1.91 bits per heavy atom. The van der Waals surface area contributed by atoms with Crippen molar-refractivity contribution in [2.45, 2.75) is 45.3 Å². The summed E-state index contributed by atoms with van der Waals surface area (Å²) < 4.78 is 11.2. The van der Waals surface area contributed by atoms with Crippen LogP contribution in [-0.2, 0) is 13.0 Å². The lowest BCUT2D eigenvalue weighted by molar-refractivity contribution is 0.0862. The van der Waals surface area contributed by atoms with Gasteiger partial charge in [-0.15, -0.1) is 11.3 Å². The zero-order valence-electron chi connectivity index (χ0n) is 19.8. The Bertz CT molecular complexity index is 1100. The number of rotatable bonds is 8.